The zero-order valence-electron chi connectivity index (χ0n) is 11.0. The van der Waals surface area contributed by atoms with Crippen molar-refractivity contribution >= 4 is 5.78 Å². The summed E-state index contributed by atoms with van der Waals surface area (Å²) < 4.78 is 0. The van der Waals surface area contributed by atoms with E-state index in [0.717, 1.165) is 31.4 Å². The zero-order chi connectivity index (χ0) is 13.0. The molecule has 3 nitrogen and oxygen atoms in total. The van der Waals surface area contributed by atoms with Gasteiger partial charge >= 0.3 is 0 Å². The number of carbonyl (C=O) groups excluding carboxylic acids is 1. The molecule has 1 aromatic heterocycles. The van der Waals surface area contributed by atoms with E-state index in [4.69, 9.17) is 0 Å². The number of carbonyl (C=O) groups is 1. The molecule has 0 amide bonds. The minimum Gasteiger partial charge on any atom is -0.382 e. The van der Waals surface area contributed by atoms with Crippen LogP contribution in [0.15, 0.2) is 18.3 Å². The fourth-order valence-corrected chi connectivity index (χ4v) is 2.51. The Morgan fingerprint density at radius 1 is 1.33 bits per heavy atom. The number of aromatic nitrogens is 1. The van der Waals surface area contributed by atoms with Crippen LogP contribution in [0.5, 0.6) is 0 Å². The maximum atomic E-state index is 12.2. The van der Waals surface area contributed by atoms with Gasteiger partial charge in [0.05, 0.1) is 6.42 Å². The predicted molar refractivity (Wildman–Crippen MR) is 70.4 cm³/mol. The number of ketones is 1. The molecule has 98 valence electrons. The molecule has 1 aliphatic rings. The lowest BCUT2D eigenvalue weighted by molar-refractivity contribution is -0.139. The molecule has 1 saturated carbocycles. The smallest absolute Gasteiger partial charge is 0.170 e. The van der Waals surface area contributed by atoms with Crippen molar-refractivity contribution < 1.29 is 9.90 Å². The summed E-state index contributed by atoms with van der Waals surface area (Å²) in [5.41, 5.74) is 0.836. The maximum Gasteiger partial charge on any atom is 0.170 e. The largest absolute Gasteiger partial charge is 0.382 e. The van der Waals surface area contributed by atoms with Crippen molar-refractivity contribution in [1.82, 2.24) is 4.98 Å². The van der Waals surface area contributed by atoms with Crippen LogP contribution in [-0.2, 0) is 17.6 Å². The third-order valence-electron chi connectivity index (χ3n) is 3.84. The van der Waals surface area contributed by atoms with Crippen molar-refractivity contribution in [3.63, 3.8) is 0 Å². The van der Waals surface area contributed by atoms with Gasteiger partial charge in [0, 0.05) is 11.9 Å². The van der Waals surface area contributed by atoms with E-state index in [2.05, 4.69) is 11.9 Å². The van der Waals surface area contributed by atoms with E-state index in [1.54, 1.807) is 0 Å². The first kappa shape index (κ1) is 13.2. The molecule has 0 saturated heterocycles. The van der Waals surface area contributed by atoms with E-state index in [9.17, 15) is 9.90 Å². The van der Waals surface area contributed by atoms with Crippen LogP contribution in [0.1, 0.15) is 50.3 Å². The summed E-state index contributed by atoms with van der Waals surface area (Å²) in [6, 6.07) is 3.89. The Balaban J connectivity index is 2.01. The van der Waals surface area contributed by atoms with Gasteiger partial charge in [0.2, 0.25) is 0 Å². The first-order valence-corrected chi connectivity index (χ1v) is 6.83. The van der Waals surface area contributed by atoms with Crippen molar-refractivity contribution in [1.29, 1.82) is 0 Å². The van der Waals surface area contributed by atoms with Crippen LogP contribution in [-0.4, -0.2) is 21.5 Å². The SMILES string of the molecule is CCc1ccc(CC(=O)C2(O)CCCCC2)nc1. The van der Waals surface area contributed by atoms with Gasteiger partial charge in [0.15, 0.2) is 5.78 Å². The van der Waals surface area contributed by atoms with Gasteiger partial charge in [-0.25, -0.2) is 0 Å². The molecule has 0 aliphatic heterocycles. The molecule has 0 spiro atoms. The molecule has 1 heterocycles. The fraction of sp³-hybridized carbons (Fsp3) is 0.600. The molecule has 0 atom stereocenters. The highest BCUT2D eigenvalue weighted by Crippen LogP contribution is 2.29. The topological polar surface area (TPSA) is 50.2 Å². The van der Waals surface area contributed by atoms with Crippen LogP contribution in [0.4, 0.5) is 0 Å². The molecule has 2 rings (SSSR count). The summed E-state index contributed by atoms with van der Waals surface area (Å²) in [5, 5.41) is 10.3. The van der Waals surface area contributed by atoms with Crippen LogP contribution >= 0.6 is 0 Å². The van der Waals surface area contributed by atoms with Crippen LogP contribution in [0, 0.1) is 0 Å². The number of rotatable bonds is 4. The highest BCUT2D eigenvalue weighted by atomic mass is 16.3. The standard InChI is InChI=1S/C15H21NO2/c1-2-12-6-7-13(16-11-12)10-14(17)15(18)8-4-3-5-9-15/h6-7,11,18H,2-5,8-10H2,1H3. The van der Waals surface area contributed by atoms with Gasteiger partial charge in [-0.1, -0.05) is 32.3 Å². The first-order chi connectivity index (χ1) is 8.64. The second-order valence-electron chi connectivity index (χ2n) is 5.20. The number of aliphatic hydroxyl groups is 1. The number of pyridine rings is 1. The van der Waals surface area contributed by atoms with Gasteiger partial charge in [0.25, 0.3) is 0 Å². The number of Topliss-reactive ketones (excluding diaryl/α,β-unsaturated/α-hetero) is 1. The molecule has 1 aliphatic carbocycles. The van der Waals surface area contributed by atoms with Crippen LogP contribution in [0.2, 0.25) is 0 Å². The summed E-state index contributed by atoms with van der Waals surface area (Å²) in [6.07, 6.45) is 7.25. The Morgan fingerprint density at radius 2 is 2.06 bits per heavy atom. The number of hydrogen-bond donors (Lipinski definition) is 1. The summed E-state index contributed by atoms with van der Waals surface area (Å²) in [6.45, 7) is 2.08. The average Bonchev–Trinajstić information content (AvgIpc) is 2.40. The maximum absolute atomic E-state index is 12.2. The van der Waals surface area contributed by atoms with Gasteiger partial charge < -0.3 is 5.11 Å². The van der Waals surface area contributed by atoms with E-state index >= 15 is 0 Å². The summed E-state index contributed by atoms with van der Waals surface area (Å²) in [7, 11) is 0. The van der Waals surface area contributed by atoms with E-state index in [1.807, 2.05) is 18.3 Å². The minimum absolute atomic E-state index is 0.0704. The number of aryl methyl sites for hydroxylation is 1. The molecule has 3 heteroatoms. The molecular weight excluding hydrogens is 226 g/mol. The molecule has 18 heavy (non-hydrogen) atoms. The molecular formula is C15H21NO2. The molecule has 0 aromatic carbocycles. The second kappa shape index (κ2) is 5.61. The van der Waals surface area contributed by atoms with Gasteiger partial charge in [-0.2, -0.15) is 0 Å². The third-order valence-corrected chi connectivity index (χ3v) is 3.84. The Labute approximate surface area is 108 Å². The van der Waals surface area contributed by atoms with Crippen LogP contribution in [0.25, 0.3) is 0 Å². The monoisotopic (exact) mass is 247 g/mol. The average molecular weight is 247 g/mol. The molecule has 1 fully saturated rings. The molecule has 1 aromatic rings. The van der Waals surface area contributed by atoms with E-state index in [-0.39, 0.29) is 12.2 Å². The van der Waals surface area contributed by atoms with Crippen molar-refractivity contribution in [3.8, 4) is 0 Å². The van der Waals surface area contributed by atoms with Crippen molar-refractivity contribution in [2.24, 2.45) is 0 Å². The molecule has 0 unspecified atom stereocenters. The lowest BCUT2D eigenvalue weighted by Crippen LogP contribution is -2.41. The van der Waals surface area contributed by atoms with E-state index in [1.165, 1.54) is 5.56 Å². The summed E-state index contributed by atoms with van der Waals surface area (Å²) in [5.74, 6) is -0.0704. The Kier molecular flexibility index (Phi) is 4.12. The van der Waals surface area contributed by atoms with E-state index in [0.29, 0.717) is 12.8 Å². The summed E-state index contributed by atoms with van der Waals surface area (Å²) in [4.78, 5) is 16.4. The zero-order valence-corrected chi connectivity index (χ0v) is 11.0. The quantitative estimate of drug-likeness (QED) is 0.889. The normalized spacial score (nSPS) is 18.6. The van der Waals surface area contributed by atoms with Crippen molar-refractivity contribution in [2.45, 2.75) is 57.5 Å². The lowest BCUT2D eigenvalue weighted by atomic mass is 9.80. The Bertz CT molecular complexity index is 405. The minimum atomic E-state index is -1.09. The van der Waals surface area contributed by atoms with Gasteiger partial charge in [-0.3, -0.25) is 9.78 Å². The van der Waals surface area contributed by atoms with Gasteiger partial charge in [-0.05, 0) is 30.9 Å². The first-order valence-electron chi connectivity index (χ1n) is 6.83. The highest BCUT2D eigenvalue weighted by Gasteiger charge is 2.36. The van der Waals surface area contributed by atoms with Crippen LogP contribution < -0.4 is 0 Å². The lowest BCUT2D eigenvalue weighted by Gasteiger charge is -2.30. The predicted octanol–water partition coefficient (Wildman–Crippen LogP) is 2.45. The van der Waals surface area contributed by atoms with Gasteiger partial charge in [0.1, 0.15) is 5.60 Å². The highest BCUT2D eigenvalue weighted by molar-refractivity contribution is 5.88. The summed E-state index contributed by atoms with van der Waals surface area (Å²) >= 11 is 0. The van der Waals surface area contributed by atoms with Crippen molar-refractivity contribution in [3.05, 3.63) is 29.6 Å². The second-order valence-corrected chi connectivity index (χ2v) is 5.20. The number of nitrogens with zero attached hydrogens (tertiary/aromatic N) is 1. The third kappa shape index (κ3) is 2.96. The molecule has 0 bridgehead atoms. The fourth-order valence-electron chi connectivity index (χ4n) is 2.51. The van der Waals surface area contributed by atoms with Crippen molar-refractivity contribution in [2.75, 3.05) is 0 Å². The Hall–Kier alpha value is -1.22. The van der Waals surface area contributed by atoms with Crippen LogP contribution in [0.3, 0.4) is 0 Å². The molecule has 0 radical (unpaired) electrons. The Morgan fingerprint density at radius 3 is 2.61 bits per heavy atom. The molecule has 1 N–H and O–H groups in total. The van der Waals surface area contributed by atoms with Gasteiger partial charge in [-0.15, -0.1) is 0 Å². The number of hydrogen-bond acceptors (Lipinski definition) is 3. The van der Waals surface area contributed by atoms with E-state index < -0.39 is 5.60 Å².